The van der Waals surface area contributed by atoms with E-state index in [1.54, 1.807) is 0 Å². The van der Waals surface area contributed by atoms with Crippen molar-refractivity contribution in [1.82, 2.24) is 20.2 Å². The van der Waals surface area contributed by atoms with Crippen molar-refractivity contribution in [3.05, 3.63) is 54.1 Å². The van der Waals surface area contributed by atoms with Gasteiger partial charge >= 0.3 is 0 Å². The van der Waals surface area contributed by atoms with Crippen LogP contribution in [0.15, 0.2) is 48.5 Å². The first-order valence-electron chi connectivity index (χ1n) is 10.2. The molecule has 2 heterocycles. The molecule has 1 atom stereocenters. The lowest BCUT2D eigenvalue weighted by atomic mass is 9.89. The fraction of sp³-hybridized carbons (Fsp3) is 0.318. The average Bonchev–Trinajstić information content (AvgIpc) is 3.48. The van der Waals surface area contributed by atoms with Crippen molar-refractivity contribution in [1.29, 1.82) is 0 Å². The third-order valence-electron chi connectivity index (χ3n) is 5.62. The van der Waals surface area contributed by atoms with Gasteiger partial charge in [0.2, 0.25) is 11.8 Å². The molecular formula is C22H22N6O2. The number of aromatic nitrogens is 4. The van der Waals surface area contributed by atoms with Crippen LogP contribution in [0.25, 0.3) is 11.4 Å². The van der Waals surface area contributed by atoms with Crippen molar-refractivity contribution < 1.29 is 9.59 Å². The molecule has 8 heteroatoms. The van der Waals surface area contributed by atoms with Crippen molar-refractivity contribution >= 4 is 23.2 Å². The van der Waals surface area contributed by atoms with Crippen molar-refractivity contribution in [2.45, 2.75) is 38.1 Å². The zero-order valence-corrected chi connectivity index (χ0v) is 16.4. The van der Waals surface area contributed by atoms with Crippen LogP contribution >= 0.6 is 0 Å². The SMILES string of the molecule is O=C(CC[C@@H]1Cc2ccccc2NC1=O)Nc1cccc(-c2nnnn2C2CC2)c1. The summed E-state index contributed by atoms with van der Waals surface area (Å²) in [4.78, 5) is 24.8. The lowest BCUT2D eigenvalue weighted by Gasteiger charge is -2.24. The highest BCUT2D eigenvalue weighted by Gasteiger charge is 2.28. The zero-order valence-electron chi connectivity index (χ0n) is 16.4. The second kappa shape index (κ2) is 7.70. The number of carbonyl (C=O) groups excluding carboxylic acids is 2. The minimum Gasteiger partial charge on any atom is -0.326 e. The van der Waals surface area contributed by atoms with Crippen molar-refractivity contribution in [2.24, 2.45) is 5.92 Å². The Morgan fingerprint density at radius 3 is 2.90 bits per heavy atom. The number of benzene rings is 2. The summed E-state index contributed by atoms with van der Waals surface area (Å²) in [6.45, 7) is 0. The molecule has 1 saturated carbocycles. The fourth-order valence-corrected chi connectivity index (χ4v) is 3.86. The monoisotopic (exact) mass is 402 g/mol. The topological polar surface area (TPSA) is 102 Å². The van der Waals surface area contributed by atoms with Crippen LogP contribution < -0.4 is 10.6 Å². The number of para-hydroxylation sites is 1. The molecule has 1 aliphatic heterocycles. The number of nitrogens with one attached hydrogen (secondary N) is 2. The molecule has 1 aromatic heterocycles. The standard InChI is InChI=1S/C22H22N6O2/c29-20(11-8-16-12-14-4-1-2-7-19(14)24-22(16)30)23-17-6-3-5-15(13-17)21-25-26-27-28(21)18-9-10-18/h1-7,13,16,18H,8-12H2,(H,23,29)(H,24,30)/t16-/m1/s1. The molecule has 2 N–H and O–H groups in total. The first kappa shape index (κ1) is 18.5. The van der Waals surface area contributed by atoms with Gasteiger partial charge in [0.1, 0.15) is 0 Å². The van der Waals surface area contributed by atoms with Crippen LogP contribution in [0.5, 0.6) is 0 Å². The van der Waals surface area contributed by atoms with E-state index >= 15 is 0 Å². The molecule has 0 bridgehead atoms. The normalized spacial score (nSPS) is 17.9. The Hall–Kier alpha value is -3.55. The lowest BCUT2D eigenvalue weighted by molar-refractivity contribution is -0.121. The van der Waals surface area contributed by atoms with E-state index < -0.39 is 0 Å². The maximum atomic E-state index is 12.5. The molecule has 152 valence electrons. The van der Waals surface area contributed by atoms with Crippen molar-refractivity contribution in [3.63, 3.8) is 0 Å². The summed E-state index contributed by atoms with van der Waals surface area (Å²) in [7, 11) is 0. The van der Waals surface area contributed by atoms with Gasteiger partial charge in [0.15, 0.2) is 5.82 Å². The van der Waals surface area contributed by atoms with Gasteiger partial charge in [-0.2, -0.15) is 0 Å². The summed E-state index contributed by atoms with van der Waals surface area (Å²) >= 11 is 0. The molecule has 30 heavy (non-hydrogen) atoms. The smallest absolute Gasteiger partial charge is 0.227 e. The third kappa shape index (κ3) is 3.80. The van der Waals surface area contributed by atoms with Crippen molar-refractivity contribution in [2.75, 3.05) is 10.6 Å². The Kier molecular flexibility index (Phi) is 4.74. The van der Waals surface area contributed by atoms with E-state index in [-0.39, 0.29) is 24.2 Å². The van der Waals surface area contributed by atoms with E-state index in [9.17, 15) is 9.59 Å². The Morgan fingerprint density at radius 2 is 2.03 bits per heavy atom. The van der Waals surface area contributed by atoms with Crippen LogP contribution in [0.2, 0.25) is 0 Å². The minimum absolute atomic E-state index is 0.0181. The summed E-state index contributed by atoms with van der Waals surface area (Å²) < 4.78 is 1.85. The van der Waals surface area contributed by atoms with Crippen LogP contribution in [-0.4, -0.2) is 32.0 Å². The number of rotatable bonds is 6. The molecule has 1 aliphatic carbocycles. The maximum absolute atomic E-state index is 12.5. The van der Waals surface area contributed by atoms with E-state index in [1.165, 1.54) is 0 Å². The Balaban J connectivity index is 1.21. The zero-order chi connectivity index (χ0) is 20.5. The Bertz CT molecular complexity index is 1100. The van der Waals surface area contributed by atoms with Gasteiger partial charge in [0.25, 0.3) is 0 Å². The molecule has 5 rings (SSSR count). The Labute approximate surface area is 173 Å². The molecule has 0 saturated heterocycles. The number of amides is 2. The summed E-state index contributed by atoms with van der Waals surface area (Å²) in [5.41, 5.74) is 3.55. The third-order valence-corrected chi connectivity index (χ3v) is 5.62. The number of anilines is 2. The predicted molar refractivity (Wildman–Crippen MR) is 112 cm³/mol. The van der Waals surface area contributed by atoms with Gasteiger partial charge in [-0.1, -0.05) is 30.3 Å². The number of hydrogen-bond acceptors (Lipinski definition) is 5. The Morgan fingerprint density at radius 1 is 1.17 bits per heavy atom. The molecule has 2 aliphatic rings. The molecule has 2 amide bonds. The quantitative estimate of drug-likeness (QED) is 0.659. The first-order chi connectivity index (χ1) is 14.7. The molecule has 8 nitrogen and oxygen atoms in total. The molecule has 2 aromatic carbocycles. The number of carbonyl (C=O) groups is 2. The summed E-state index contributed by atoms with van der Waals surface area (Å²) in [5.74, 6) is 0.391. The minimum atomic E-state index is -0.194. The molecule has 0 spiro atoms. The van der Waals surface area contributed by atoms with Gasteiger partial charge in [-0.05, 0) is 59.9 Å². The summed E-state index contributed by atoms with van der Waals surface area (Å²) in [5, 5.41) is 17.9. The van der Waals surface area contributed by atoms with Crippen LogP contribution in [0.1, 0.15) is 37.3 Å². The molecule has 1 fully saturated rings. The van der Waals surface area contributed by atoms with E-state index in [2.05, 4.69) is 26.2 Å². The lowest BCUT2D eigenvalue weighted by Crippen LogP contribution is -2.30. The maximum Gasteiger partial charge on any atom is 0.227 e. The van der Waals surface area contributed by atoms with Gasteiger partial charge in [-0.15, -0.1) is 5.10 Å². The van der Waals surface area contributed by atoms with Crippen molar-refractivity contribution in [3.8, 4) is 11.4 Å². The second-order valence-electron chi connectivity index (χ2n) is 7.89. The number of tetrazole rings is 1. The van der Waals surface area contributed by atoms with Crippen LogP contribution in [0.3, 0.4) is 0 Å². The fourth-order valence-electron chi connectivity index (χ4n) is 3.86. The molecule has 0 unspecified atom stereocenters. The number of hydrogen-bond donors (Lipinski definition) is 2. The average molecular weight is 402 g/mol. The van der Waals surface area contributed by atoms with Crippen LogP contribution in [-0.2, 0) is 16.0 Å². The molecule has 0 radical (unpaired) electrons. The second-order valence-corrected chi connectivity index (χ2v) is 7.89. The van der Waals surface area contributed by atoms with Crippen LogP contribution in [0.4, 0.5) is 11.4 Å². The van der Waals surface area contributed by atoms with Gasteiger partial charge in [-0.25, -0.2) is 4.68 Å². The highest BCUT2D eigenvalue weighted by molar-refractivity contribution is 5.96. The highest BCUT2D eigenvalue weighted by Crippen LogP contribution is 2.36. The highest BCUT2D eigenvalue weighted by atomic mass is 16.2. The summed E-state index contributed by atoms with van der Waals surface area (Å²) in [6, 6.07) is 15.7. The predicted octanol–water partition coefficient (Wildman–Crippen LogP) is 3.20. The van der Waals surface area contributed by atoms with Gasteiger partial charge in [0, 0.05) is 29.3 Å². The summed E-state index contributed by atoms with van der Waals surface area (Å²) in [6.07, 6.45) is 3.63. The van der Waals surface area contributed by atoms with E-state index in [0.29, 0.717) is 30.4 Å². The van der Waals surface area contributed by atoms with E-state index in [4.69, 9.17) is 0 Å². The largest absolute Gasteiger partial charge is 0.326 e. The van der Waals surface area contributed by atoms with E-state index in [1.807, 2.05) is 53.2 Å². The van der Waals surface area contributed by atoms with Gasteiger partial charge in [0.05, 0.1) is 6.04 Å². The van der Waals surface area contributed by atoms with E-state index in [0.717, 1.165) is 29.7 Å². The number of nitrogens with zero attached hydrogens (tertiary/aromatic N) is 4. The molecule has 3 aromatic rings. The molecular weight excluding hydrogens is 380 g/mol. The first-order valence-corrected chi connectivity index (χ1v) is 10.2. The number of fused-ring (bicyclic) bond motifs is 1. The van der Waals surface area contributed by atoms with Gasteiger partial charge in [-0.3, -0.25) is 9.59 Å². The van der Waals surface area contributed by atoms with Crippen LogP contribution in [0, 0.1) is 5.92 Å². The van der Waals surface area contributed by atoms with Gasteiger partial charge < -0.3 is 10.6 Å².